The van der Waals surface area contributed by atoms with E-state index >= 15 is 0 Å². The Labute approximate surface area is 100 Å². The van der Waals surface area contributed by atoms with Crippen molar-refractivity contribution in [2.75, 3.05) is 6.54 Å². The molecule has 1 heteroatoms. The second kappa shape index (κ2) is 5.38. The Morgan fingerprint density at radius 3 is 2.62 bits per heavy atom. The molecule has 0 atom stereocenters. The normalized spacial score (nSPS) is 20.6. The predicted molar refractivity (Wildman–Crippen MR) is 72.3 cm³/mol. The minimum Gasteiger partial charge on any atom is -0.388 e. The van der Waals surface area contributed by atoms with Crippen LogP contribution < -0.4 is 5.32 Å². The summed E-state index contributed by atoms with van der Waals surface area (Å²) in [4.78, 5) is 0. The third-order valence-corrected chi connectivity index (χ3v) is 3.19. The monoisotopic (exact) mass is 219 g/mol. The lowest BCUT2D eigenvalue weighted by Gasteiger charge is -2.25. The average Bonchev–Trinajstić information content (AvgIpc) is 2.28. The molecular weight excluding hydrogens is 194 g/mol. The average molecular weight is 219 g/mol. The Balaban J connectivity index is 2.95. The molecule has 16 heavy (non-hydrogen) atoms. The van der Waals surface area contributed by atoms with Crippen molar-refractivity contribution in [1.29, 1.82) is 0 Å². The van der Waals surface area contributed by atoms with Crippen LogP contribution in [0.1, 0.15) is 47.5 Å². The molecule has 1 rings (SSSR count). The minimum atomic E-state index is 0.291. The summed E-state index contributed by atoms with van der Waals surface area (Å²) in [7, 11) is 0. The van der Waals surface area contributed by atoms with E-state index in [9.17, 15) is 0 Å². The van der Waals surface area contributed by atoms with E-state index in [1.807, 2.05) is 0 Å². The maximum absolute atomic E-state index is 3.50. The summed E-state index contributed by atoms with van der Waals surface area (Å²) in [5, 5.41) is 3.50. The Morgan fingerprint density at radius 2 is 2.00 bits per heavy atom. The van der Waals surface area contributed by atoms with Gasteiger partial charge in [-0.3, -0.25) is 0 Å². The van der Waals surface area contributed by atoms with E-state index in [4.69, 9.17) is 0 Å². The van der Waals surface area contributed by atoms with Crippen LogP contribution in [0.3, 0.4) is 0 Å². The van der Waals surface area contributed by atoms with Gasteiger partial charge in [-0.15, -0.1) is 0 Å². The highest BCUT2D eigenvalue weighted by molar-refractivity contribution is 5.32. The summed E-state index contributed by atoms with van der Waals surface area (Å²) < 4.78 is 0. The maximum Gasteiger partial charge on any atom is 0.0144 e. The Bertz CT molecular complexity index is 325. The van der Waals surface area contributed by atoms with Crippen LogP contribution in [0.25, 0.3) is 0 Å². The Hall–Kier alpha value is -0.980. The number of nitrogens with one attached hydrogen (secondary N) is 1. The lowest BCUT2D eigenvalue weighted by molar-refractivity contribution is 0.412. The van der Waals surface area contributed by atoms with Crippen molar-refractivity contribution in [2.24, 2.45) is 5.41 Å². The quantitative estimate of drug-likeness (QED) is 0.687. The molecule has 0 spiro atoms. The summed E-state index contributed by atoms with van der Waals surface area (Å²) in [6.45, 7) is 12.2. The summed E-state index contributed by atoms with van der Waals surface area (Å²) in [6, 6.07) is 0. The van der Waals surface area contributed by atoms with Gasteiger partial charge in [0.1, 0.15) is 0 Å². The van der Waals surface area contributed by atoms with Gasteiger partial charge in [0.2, 0.25) is 0 Å². The van der Waals surface area contributed by atoms with E-state index in [0.717, 1.165) is 6.54 Å². The van der Waals surface area contributed by atoms with Gasteiger partial charge in [0.05, 0.1) is 0 Å². The van der Waals surface area contributed by atoms with Gasteiger partial charge in [-0.25, -0.2) is 0 Å². The van der Waals surface area contributed by atoms with Gasteiger partial charge in [-0.1, -0.05) is 37.6 Å². The van der Waals surface area contributed by atoms with Gasteiger partial charge in [-0.05, 0) is 44.6 Å². The van der Waals surface area contributed by atoms with E-state index in [1.54, 1.807) is 0 Å². The highest BCUT2D eigenvalue weighted by Gasteiger charge is 2.24. The first-order chi connectivity index (χ1) is 7.43. The molecule has 0 aromatic carbocycles. The van der Waals surface area contributed by atoms with Crippen molar-refractivity contribution in [3.63, 3.8) is 0 Å². The highest BCUT2D eigenvalue weighted by atomic mass is 14.9. The molecule has 0 aliphatic carbocycles. The van der Waals surface area contributed by atoms with Crippen molar-refractivity contribution in [3.8, 4) is 0 Å². The van der Waals surface area contributed by atoms with Crippen LogP contribution in [0.15, 0.2) is 35.1 Å². The summed E-state index contributed by atoms with van der Waals surface area (Å²) in [5.74, 6) is 0. The predicted octanol–water partition coefficient (Wildman–Crippen LogP) is 4.19. The molecule has 1 aliphatic rings. The van der Waals surface area contributed by atoms with E-state index in [0.29, 0.717) is 5.41 Å². The van der Waals surface area contributed by atoms with Crippen LogP contribution in [0.5, 0.6) is 0 Å². The van der Waals surface area contributed by atoms with Crippen LogP contribution in [0, 0.1) is 5.41 Å². The summed E-state index contributed by atoms with van der Waals surface area (Å²) in [6.07, 6.45) is 9.11. The smallest absolute Gasteiger partial charge is 0.0144 e. The zero-order valence-corrected chi connectivity index (χ0v) is 11.4. The number of rotatable bonds is 2. The van der Waals surface area contributed by atoms with Gasteiger partial charge in [0, 0.05) is 12.2 Å². The van der Waals surface area contributed by atoms with E-state index < -0.39 is 0 Å². The van der Waals surface area contributed by atoms with Gasteiger partial charge >= 0.3 is 0 Å². The van der Waals surface area contributed by atoms with Crippen LogP contribution in [0.2, 0.25) is 0 Å². The van der Waals surface area contributed by atoms with Gasteiger partial charge < -0.3 is 5.32 Å². The first kappa shape index (κ1) is 13.1. The van der Waals surface area contributed by atoms with E-state index in [-0.39, 0.29) is 0 Å². The summed E-state index contributed by atoms with van der Waals surface area (Å²) in [5.41, 5.74) is 4.41. The SMILES string of the molecule is CC(C)=C/C=C\C1=C(C)NCCCC1(C)C. The largest absolute Gasteiger partial charge is 0.388 e. The molecule has 1 N–H and O–H groups in total. The van der Waals surface area contributed by atoms with Crippen molar-refractivity contribution in [2.45, 2.75) is 47.5 Å². The first-order valence-electron chi connectivity index (χ1n) is 6.20. The standard InChI is InChI=1S/C15H25N/c1-12(2)8-6-9-14-13(3)16-11-7-10-15(14,4)5/h6,8-9,16H,7,10-11H2,1-5H3/b9-6-. The molecule has 1 aliphatic heterocycles. The maximum atomic E-state index is 3.50. The zero-order valence-electron chi connectivity index (χ0n) is 11.4. The second-order valence-corrected chi connectivity index (χ2v) is 5.56. The van der Waals surface area contributed by atoms with Crippen molar-refractivity contribution >= 4 is 0 Å². The Morgan fingerprint density at radius 1 is 1.31 bits per heavy atom. The molecule has 0 aromatic heterocycles. The topological polar surface area (TPSA) is 12.0 Å². The highest BCUT2D eigenvalue weighted by Crippen LogP contribution is 2.35. The van der Waals surface area contributed by atoms with E-state index in [2.05, 4.69) is 58.2 Å². The Kier molecular flexibility index (Phi) is 4.40. The fraction of sp³-hybridized carbons (Fsp3) is 0.600. The van der Waals surface area contributed by atoms with Crippen LogP contribution in [-0.2, 0) is 0 Å². The number of hydrogen-bond donors (Lipinski definition) is 1. The molecule has 0 aromatic rings. The lowest BCUT2D eigenvalue weighted by atomic mass is 9.79. The molecule has 0 amide bonds. The second-order valence-electron chi connectivity index (χ2n) is 5.56. The van der Waals surface area contributed by atoms with Crippen molar-refractivity contribution < 1.29 is 0 Å². The molecule has 0 radical (unpaired) electrons. The molecule has 0 fully saturated rings. The molecule has 1 heterocycles. The first-order valence-corrected chi connectivity index (χ1v) is 6.20. The van der Waals surface area contributed by atoms with Gasteiger partial charge in [0.15, 0.2) is 0 Å². The lowest BCUT2D eigenvalue weighted by Crippen LogP contribution is -2.15. The molecule has 0 saturated heterocycles. The minimum absolute atomic E-state index is 0.291. The third-order valence-electron chi connectivity index (χ3n) is 3.19. The fourth-order valence-corrected chi connectivity index (χ4v) is 2.23. The van der Waals surface area contributed by atoms with Crippen LogP contribution >= 0.6 is 0 Å². The number of allylic oxidation sites excluding steroid dienone is 6. The summed E-state index contributed by atoms with van der Waals surface area (Å²) >= 11 is 0. The zero-order chi connectivity index (χ0) is 12.2. The number of hydrogen-bond acceptors (Lipinski definition) is 1. The van der Waals surface area contributed by atoms with Gasteiger partial charge in [0.25, 0.3) is 0 Å². The molecule has 0 unspecified atom stereocenters. The molecule has 0 saturated carbocycles. The van der Waals surface area contributed by atoms with Crippen LogP contribution in [-0.4, -0.2) is 6.54 Å². The van der Waals surface area contributed by atoms with Crippen molar-refractivity contribution in [1.82, 2.24) is 5.32 Å². The molecule has 0 bridgehead atoms. The van der Waals surface area contributed by atoms with Gasteiger partial charge in [-0.2, -0.15) is 0 Å². The third kappa shape index (κ3) is 3.55. The molecule has 90 valence electrons. The van der Waals surface area contributed by atoms with E-state index in [1.165, 1.54) is 29.7 Å². The van der Waals surface area contributed by atoms with Crippen LogP contribution in [0.4, 0.5) is 0 Å². The molecule has 1 nitrogen and oxygen atoms in total. The fourth-order valence-electron chi connectivity index (χ4n) is 2.23. The van der Waals surface area contributed by atoms with Crippen molar-refractivity contribution in [3.05, 3.63) is 35.1 Å². The molecular formula is C15H25N.